The minimum Gasteiger partial charge on any atom is -0.550 e. The minimum absolute atomic E-state index is 0. The first kappa shape index (κ1) is 11.6. The van der Waals surface area contributed by atoms with Crippen LogP contribution in [0.5, 0.6) is 0 Å². The summed E-state index contributed by atoms with van der Waals surface area (Å²) in [6.07, 6.45) is 0.0309. The third kappa shape index (κ3) is 9.94. The third-order valence-corrected chi connectivity index (χ3v) is 0.645. The van der Waals surface area contributed by atoms with Gasteiger partial charge >= 0.3 is 29.6 Å². The number of rotatable bonds is 2. The van der Waals surface area contributed by atoms with Crippen LogP contribution in [0.15, 0.2) is 0 Å². The standard InChI is InChI=1S/C4H8O2S.Na/c1-3(7)2-4(5)6;/h3,7H,2H2,1H3,(H,5,6);/q;+1/p-1. The Hall–Kier alpha value is 0.820. The summed E-state index contributed by atoms with van der Waals surface area (Å²) in [6, 6.07) is 0. The van der Waals surface area contributed by atoms with Gasteiger partial charge in [0.15, 0.2) is 0 Å². The number of hydrogen-bond donors (Lipinski definition) is 1. The Morgan fingerprint density at radius 3 is 2.25 bits per heavy atom. The van der Waals surface area contributed by atoms with Gasteiger partial charge < -0.3 is 9.90 Å². The van der Waals surface area contributed by atoms with Crippen molar-refractivity contribution >= 4 is 18.6 Å². The van der Waals surface area contributed by atoms with Gasteiger partial charge in [-0.15, -0.1) is 0 Å². The molecule has 0 saturated heterocycles. The van der Waals surface area contributed by atoms with Crippen molar-refractivity contribution in [3.05, 3.63) is 0 Å². The molecule has 0 heterocycles. The Morgan fingerprint density at radius 1 is 1.88 bits per heavy atom. The van der Waals surface area contributed by atoms with E-state index in [0.29, 0.717) is 0 Å². The predicted octanol–water partition coefficient (Wildman–Crippen LogP) is -3.55. The Labute approximate surface area is 76.4 Å². The monoisotopic (exact) mass is 142 g/mol. The van der Waals surface area contributed by atoms with Gasteiger partial charge in [-0.05, 0) is 6.42 Å². The summed E-state index contributed by atoms with van der Waals surface area (Å²) in [6.45, 7) is 1.71. The second-order valence-electron chi connectivity index (χ2n) is 1.43. The molecular formula is C4H7NaO2S. The van der Waals surface area contributed by atoms with Gasteiger partial charge in [-0.2, -0.15) is 12.6 Å². The van der Waals surface area contributed by atoms with Gasteiger partial charge in [0.25, 0.3) is 0 Å². The summed E-state index contributed by atoms with van der Waals surface area (Å²) in [5.74, 6) is -1.04. The fourth-order valence-corrected chi connectivity index (χ4v) is 0.390. The number of hydrogen-bond acceptors (Lipinski definition) is 3. The smallest absolute Gasteiger partial charge is 0.550 e. The molecule has 0 spiro atoms. The van der Waals surface area contributed by atoms with Crippen LogP contribution in [0.1, 0.15) is 13.3 Å². The SMILES string of the molecule is CC(S)CC(=O)[O-].[Na+]. The fraction of sp³-hybridized carbons (Fsp3) is 0.750. The number of aliphatic carboxylic acids is 1. The van der Waals surface area contributed by atoms with E-state index < -0.39 is 5.97 Å². The molecule has 0 aromatic carbocycles. The van der Waals surface area contributed by atoms with E-state index in [4.69, 9.17) is 0 Å². The number of carboxylic acids is 1. The van der Waals surface area contributed by atoms with E-state index in [-0.39, 0.29) is 41.2 Å². The van der Waals surface area contributed by atoms with Crippen LogP contribution >= 0.6 is 12.6 Å². The molecule has 42 valence electrons. The van der Waals surface area contributed by atoms with Crippen LogP contribution in [-0.4, -0.2) is 11.2 Å². The van der Waals surface area contributed by atoms with E-state index in [1.54, 1.807) is 6.92 Å². The summed E-state index contributed by atoms with van der Waals surface area (Å²) in [4.78, 5) is 9.65. The van der Waals surface area contributed by atoms with E-state index in [0.717, 1.165) is 0 Å². The number of carbonyl (C=O) groups is 1. The number of thiol groups is 1. The first-order chi connectivity index (χ1) is 3.13. The van der Waals surface area contributed by atoms with Crippen molar-refractivity contribution < 1.29 is 39.5 Å². The quantitative estimate of drug-likeness (QED) is 0.320. The Bertz CT molecular complexity index is 74.4. The van der Waals surface area contributed by atoms with Crippen LogP contribution in [0.2, 0.25) is 0 Å². The molecule has 0 amide bonds. The van der Waals surface area contributed by atoms with Gasteiger partial charge in [-0.25, -0.2) is 0 Å². The van der Waals surface area contributed by atoms with Crippen molar-refractivity contribution in [2.45, 2.75) is 18.6 Å². The molecule has 1 atom stereocenters. The minimum atomic E-state index is -1.04. The van der Waals surface area contributed by atoms with Crippen LogP contribution in [0.3, 0.4) is 0 Å². The molecule has 0 bridgehead atoms. The zero-order valence-corrected chi connectivity index (χ0v) is 7.94. The van der Waals surface area contributed by atoms with Crippen molar-refractivity contribution in [2.75, 3.05) is 0 Å². The van der Waals surface area contributed by atoms with Gasteiger partial charge in [0.05, 0.1) is 0 Å². The van der Waals surface area contributed by atoms with E-state index in [9.17, 15) is 9.90 Å². The normalized spacial score (nSPS) is 11.8. The van der Waals surface area contributed by atoms with E-state index in [1.165, 1.54) is 0 Å². The second-order valence-corrected chi connectivity index (χ2v) is 2.31. The van der Waals surface area contributed by atoms with Gasteiger partial charge in [0, 0.05) is 11.2 Å². The van der Waals surface area contributed by atoms with Crippen LogP contribution in [0, 0.1) is 0 Å². The Balaban J connectivity index is 0. The zero-order valence-electron chi connectivity index (χ0n) is 5.05. The van der Waals surface area contributed by atoms with Crippen molar-refractivity contribution in [1.82, 2.24) is 0 Å². The maximum Gasteiger partial charge on any atom is 1.00 e. The van der Waals surface area contributed by atoms with Crippen LogP contribution in [0.4, 0.5) is 0 Å². The molecule has 0 fully saturated rings. The molecule has 0 N–H and O–H groups in total. The molecule has 0 aromatic heterocycles. The van der Waals surface area contributed by atoms with Crippen LogP contribution in [-0.2, 0) is 4.79 Å². The van der Waals surface area contributed by atoms with Crippen molar-refractivity contribution in [3.63, 3.8) is 0 Å². The topological polar surface area (TPSA) is 40.1 Å². The summed E-state index contributed by atoms with van der Waals surface area (Å²) >= 11 is 3.82. The van der Waals surface area contributed by atoms with Gasteiger partial charge in [0.1, 0.15) is 0 Å². The number of carboxylic acid groups (broad SMARTS) is 1. The molecule has 8 heavy (non-hydrogen) atoms. The average molecular weight is 142 g/mol. The molecule has 0 aliphatic rings. The van der Waals surface area contributed by atoms with Crippen LogP contribution < -0.4 is 34.7 Å². The Kier molecular flexibility index (Phi) is 8.62. The summed E-state index contributed by atoms with van der Waals surface area (Å²) in [7, 11) is 0. The van der Waals surface area contributed by atoms with E-state index in [2.05, 4.69) is 12.6 Å². The second kappa shape index (κ2) is 5.95. The molecule has 0 radical (unpaired) electrons. The molecule has 0 rings (SSSR count). The molecule has 0 saturated carbocycles. The van der Waals surface area contributed by atoms with E-state index in [1.807, 2.05) is 0 Å². The van der Waals surface area contributed by atoms with E-state index >= 15 is 0 Å². The average Bonchev–Trinajstić information content (AvgIpc) is 1.27. The van der Waals surface area contributed by atoms with Gasteiger partial charge in [-0.1, -0.05) is 6.92 Å². The van der Waals surface area contributed by atoms with Crippen molar-refractivity contribution in [1.29, 1.82) is 0 Å². The summed E-state index contributed by atoms with van der Waals surface area (Å²) in [5.41, 5.74) is 0. The summed E-state index contributed by atoms with van der Waals surface area (Å²) < 4.78 is 0. The third-order valence-electron chi connectivity index (χ3n) is 0.462. The van der Waals surface area contributed by atoms with Gasteiger partial charge in [-0.3, -0.25) is 0 Å². The Morgan fingerprint density at radius 2 is 2.25 bits per heavy atom. The molecular weight excluding hydrogens is 135 g/mol. The zero-order chi connectivity index (χ0) is 5.86. The molecule has 4 heteroatoms. The van der Waals surface area contributed by atoms with Gasteiger partial charge in [0.2, 0.25) is 0 Å². The number of carbonyl (C=O) groups excluding carboxylic acids is 1. The molecule has 1 unspecified atom stereocenters. The van der Waals surface area contributed by atoms with Crippen molar-refractivity contribution in [3.8, 4) is 0 Å². The molecule has 0 aliphatic carbocycles. The molecule has 2 nitrogen and oxygen atoms in total. The van der Waals surface area contributed by atoms with Crippen LogP contribution in [0.25, 0.3) is 0 Å². The fourth-order valence-electron chi connectivity index (χ4n) is 0.241. The molecule has 0 aliphatic heterocycles. The van der Waals surface area contributed by atoms with Crippen molar-refractivity contribution in [2.24, 2.45) is 0 Å². The first-order valence-electron chi connectivity index (χ1n) is 2.01. The first-order valence-corrected chi connectivity index (χ1v) is 2.52. The molecule has 0 aromatic rings. The maximum absolute atomic E-state index is 9.65. The predicted molar refractivity (Wildman–Crippen MR) is 28.1 cm³/mol. The maximum atomic E-state index is 9.65. The largest absolute Gasteiger partial charge is 1.00 e. The summed E-state index contributed by atoms with van der Waals surface area (Å²) in [5, 5.41) is 9.56.